The first kappa shape index (κ1) is 28.6. The Labute approximate surface area is 226 Å². The molecule has 10 atom stereocenters. The molecule has 0 radical (unpaired) electrons. The number of esters is 4. The van der Waals surface area contributed by atoms with Crippen molar-refractivity contribution in [3.8, 4) is 0 Å². The number of carbonyl (C=O) groups is 4. The highest BCUT2D eigenvalue weighted by Gasteiger charge is 2.75. The van der Waals surface area contributed by atoms with Crippen molar-refractivity contribution in [3.63, 3.8) is 0 Å². The summed E-state index contributed by atoms with van der Waals surface area (Å²) in [5.41, 5.74) is -4.05. The van der Waals surface area contributed by atoms with Crippen LogP contribution in [0.5, 0.6) is 0 Å². The average Bonchev–Trinajstić information content (AvgIpc) is 3.58. The van der Waals surface area contributed by atoms with Gasteiger partial charge in [-0.2, -0.15) is 0 Å². The molecule has 2 aliphatic heterocycles. The van der Waals surface area contributed by atoms with Crippen LogP contribution in [0.2, 0.25) is 0 Å². The van der Waals surface area contributed by atoms with Gasteiger partial charge >= 0.3 is 23.9 Å². The first-order chi connectivity index (χ1) is 17.7. The molecule has 1 spiro atoms. The highest BCUT2D eigenvalue weighted by Crippen LogP contribution is 2.62. The van der Waals surface area contributed by atoms with Gasteiger partial charge < -0.3 is 28.8 Å². The van der Waals surface area contributed by atoms with E-state index in [2.05, 4.69) is 6.58 Å². The molecule has 2 heterocycles. The Kier molecular flexibility index (Phi) is 7.48. The predicted molar refractivity (Wildman–Crippen MR) is 133 cm³/mol. The summed E-state index contributed by atoms with van der Waals surface area (Å²) in [6.07, 6.45) is -0.602. The number of allylic oxidation sites excluding steroid dienone is 1. The summed E-state index contributed by atoms with van der Waals surface area (Å²) in [7, 11) is 0. The molecule has 2 aliphatic carbocycles. The third-order valence-corrected chi connectivity index (χ3v) is 9.16. The van der Waals surface area contributed by atoms with Crippen molar-refractivity contribution in [1.29, 1.82) is 0 Å². The van der Waals surface area contributed by atoms with Crippen LogP contribution in [0.15, 0.2) is 24.3 Å². The standard InChI is InChI=1S/C27H35ClO10/c1-7-19(31)37-17-9-8-13(2)20(28)22-27(33,14(3)24(32)38-22)23(36-16(5)30)21-25(17,6)18(35-15(4)29)10-11-26(21)12-34-26/h8-9,14,17-18,20-23,33H,2,7,10-12H2,1,3-6H3/b9-8+/t14-,17-,18-,20-,21+,22-,23?,25-,26-,27-/m0/s1. The van der Waals surface area contributed by atoms with E-state index in [4.69, 9.17) is 35.3 Å². The van der Waals surface area contributed by atoms with Crippen molar-refractivity contribution in [3.05, 3.63) is 24.3 Å². The Hall–Kier alpha value is -2.43. The summed E-state index contributed by atoms with van der Waals surface area (Å²) in [5.74, 6) is -4.57. The molecular weight excluding hydrogens is 520 g/mol. The number of halogens is 1. The van der Waals surface area contributed by atoms with Gasteiger partial charge in [0.15, 0.2) is 11.7 Å². The number of alkyl halides is 1. The zero-order valence-electron chi connectivity index (χ0n) is 22.2. The lowest BCUT2D eigenvalue weighted by atomic mass is 9.53. The summed E-state index contributed by atoms with van der Waals surface area (Å²) < 4.78 is 29.2. The van der Waals surface area contributed by atoms with Gasteiger partial charge in [-0.3, -0.25) is 19.2 Å². The van der Waals surface area contributed by atoms with Crippen LogP contribution < -0.4 is 0 Å². The minimum atomic E-state index is -2.12. The SMILES string of the molecule is C=C1/C=C/[C@H](OC(=O)CC)[C@@]2(C)[C@@H](OC(C)=O)CC[C@]3(CO3)[C@@H]2C(OC(C)=O)[C@]2(O)[C@@H](C)C(=O)O[C@H]2[C@H]1Cl. The molecule has 1 unspecified atom stereocenters. The van der Waals surface area contributed by atoms with Gasteiger partial charge in [0.05, 0.1) is 28.9 Å². The van der Waals surface area contributed by atoms with Gasteiger partial charge in [-0.25, -0.2) is 0 Å². The average molecular weight is 555 g/mol. The highest BCUT2D eigenvalue weighted by atomic mass is 35.5. The maximum absolute atomic E-state index is 12.9. The zero-order chi connectivity index (χ0) is 28.2. The summed E-state index contributed by atoms with van der Waals surface area (Å²) in [5, 5.41) is 11.3. The van der Waals surface area contributed by atoms with Crippen molar-refractivity contribution in [2.24, 2.45) is 17.3 Å². The molecule has 2 saturated heterocycles. The quantitative estimate of drug-likeness (QED) is 0.238. The molecule has 0 aromatic rings. The second kappa shape index (κ2) is 9.95. The van der Waals surface area contributed by atoms with Gasteiger partial charge in [0, 0.05) is 26.2 Å². The molecule has 0 aromatic heterocycles. The smallest absolute Gasteiger partial charge is 0.312 e. The first-order valence-electron chi connectivity index (χ1n) is 12.8. The van der Waals surface area contributed by atoms with E-state index in [0.29, 0.717) is 12.8 Å². The van der Waals surface area contributed by atoms with E-state index in [1.807, 2.05) is 0 Å². The maximum Gasteiger partial charge on any atom is 0.312 e. The van der Waals surface area contributed by atoms with Gasteiger partial charge in [-0.05, 0) is 31.4 Å². The molecule has 1 N–H and O–H groups in total. The number of fused-ring (bicyclic) bond motifs is 3. The lowest BCUT2D eigenvalue weighted by Crippen LogP contribution is -2.70. The van der Waals surface area contributed by atoms with Crippen molar-refractivity contribution in [2.75, 3.05) is 6.61 Å². The van der Waals surface area contributed by atoms with Crippen LogP contribution >= 0.6 is 11.6 Å². The number of hydrogen-bond donors (Lipinski definition) is 1. The number of hydrogen-bond acceptors (Lipinski definition) is 10. The molecule has 4 aliphatic rings. The van der Waals surface area contributed by atoms with Gasteiger partial charge in [-0.15, -0.1) is 11.6 Å². The lowest BCUT2D eigenvalue weighted by Gasteiger charge is -2.56. The lowest BCUT2D eigenvalue weighted by molar-refractivity contribution is -0.239. The number of ether oxygens (including phenoxy) is 5. The Morgan fingerprint density at radius 2 is 1.84 bits per heavy atom. The molecule has 11 heteroatoms. The summed E-state index contributed by atoms with van der Waals surface area (Å²) >= 11 is 6.73. The summed E-state index contributed by atoms with van der Waals surface area (Å²) in [6.45, 7) is 11.6. The van der Waals surface area contributed by atoms with Crippen LogP contribution in [0.4, 0.5) is 0 Å². The first-order valence-corrected chi connectivity index (χ1v) is 13.3. The van der Waals surface area contributed by atoms with Crippen molar-refractivity contribution < 1.29 is 48.0 Å². The van der Waals surface area contributed by atoms with Crippen molar-refractivity contribution >= 4 is 35.5 Å². The van der Waals surface area contributed by atoms with Gasteiger partial charge in [0.25, 0.3) is 0 Å². The zero-order valence-corrected chi connectivity index (χ0v) is 23.0. The Balaban J connectivity index is 2.03. The topological polar surface area (TPSA) is 138 Å². The van der Waals surface area contributed by atoms with E-state index in [0.717, 1.165) is 0 Å². The molecule has 4 rings (SSSR count). The number of rotatable bonds is 4. The minimum absolute atomic E-state index is 0.0722. The molecule has 38 heavy (non-hydrogen) atoms. The molecule has 0 bridgehead atoms. The fraction of sp³-hybridized carbons (Fsp3) is 0.704. The normalized spacial score (nSPS) is 44.8. The Bertz CT molecular complexity index is 1070. The highest BCUT2D eigenvalue weighted by molar-refractivity contribution is 6.23. The van der Waals surface area contributed by atoms with Crippen LogP contribution in [0.1, 0.15) is 53.9 Å². The maximum atomic E-state index is 12.9. The molecule has 0 aromatic carbocycles. The number of carbonyl (C=O) groups excluding carboxylic acids is 4. The summed E-state index contributed by atoms with van der Waals surface area (Å²) in [6, 6.07) is 0. The van der Waals surface area contributed by atoms with Crippen LogP contribution in [0, 0.1) is 17.3 Å². The van der Waals surface area contributed by atoms with E-state index < -0.39 is 82.1 Å². The Morgan fingerprint density at radius 3 is 2.39 bits per heavy atom. The second-order valence-corrected chi connectivity index (χ2v) is 11.4. The monoisotopic (exact) mass is 554 g/mol. The van der Waals surface area contributed by atoms with Crippen LogP contribution in [0.3, 0.4) is 0 Å². The fourth-order valence-corrected chi connectivity index (χ4v) is 6.86. The third-order valence-electron chi connectivity index (χ3n) is 8.65. The predicted octanol–water partition coefficient (Wildman–Crippen LogP) is 2.38. The molecule has 10 nitrogen and oxygen atoms in total. The van der Waals surface area contributed by atoms with Gasteiger partial charge in [0.2, 0.25) is 0 Å². The molecule has 1 saturated carbocycles. The van der Waals surface area contributed by atoms with Gasteiger partial charge in [-0.1, -0.05) is 26.5 Å². The molecule has 3 fully saturated rings. The number of epoxide rings is 1. The molecular formula is C27H35ClO10. The van der Waals surface area contributed by atoms with E-state index >= 15 is 0 Å². The molecule has 210 valence electrons. The van der Waals surface area contributed by atoms with Crippen LogP contribution in [-0.2, 0) is 42.9 Å². The van der Waals surface area contributed by atoms with E-state index in [9.17, 15) is 24.3 Å². The van der Waals surface area contributed by atoms with Crippen molar-refractivity contribution in [1.82, 2.24) is 0 Å². The van der Waals surface area contributed by atoms with E-state index in [-0.39, 0.29) is 18.6 Å². The van der Waals surface area contributed by atoms with Gasteiger partial charge in [0.1, 0.15) is 18.3 Å². The Morgan fingerprint density at radius 1 is 1.21 bits per heavy atom. The van der Waals surface area contributed by atoms with Crippen molar-refractivity contribution in [2.45, 2.75) is 94.9 Å². The largest absolute Gasteiger partial charge is 0.462 e. The van der Waals surface area contributed by atoms with E-state index in [1.165, 1.54) is 20.8 Å². The minimum Gasteiger partial charge on any atom is -0.462 e. The molecule has 0 amide bonds. The van der Waals surface area contributed by atoms with E-state index in [1.54, 1.807) is 26.0 Å². The summed E-state index contributed by atoms with van der Waals surface area (Å²) in [4.78, 5) is 50.4. The van der Waals surface area contributed by atoms with Crippen LogP contribution in [0.25, 0.3) is 0 Å². The van der Waals surface area contributed by atoms with Crippen LogP contribution in [-0.4, -0.2) is 76.6 Å². The second-order valence-electron chi connectivity index (χ2n) is 10.9. The third kappa shape index (κ3) is 4.44. The number of aliphatic hydroxyl groups is 1. The fourth-order valence-electron chi connectivity index (χ4n) is 6.54.